The molecule has 0 heterocycles. The van der Waals surface area contributed by atoms with Crippen LogP contribution in [0.5, 0.6) is 0 Å². The van der Waals surface area contributed by atoms with Gasteiger partial charge in [0.25, 0.3) is 0 Å². The smallest absolute Gasteiger partial charge is 0.236 e. The molecular weight excluding hydrogens is 202 g/mol. The summed E-state index contributed by atoms with van der Waals surface area (Å²) in [4.78, 5) is 13.0. The van der Waals surface area contributed by atoms with Crippen molar-refractivity contribution in [3.8, 4) is 0 Å². The van der Waals surface area contributed by atoms with Crippen LogP contribution in [0.1, 0.15) is 12.5 Å². The first-order valence-corrected chi connectivity index (χ1v) is 5.44. The van der Waals surface area contributed by atoms with Gasteiger partial charge in [-0.05, 0) is 25.6 Å². The first-order chi connectivity index (χ1) is 7.69. The van der Waals surface area contributed by atoms with E-state index in [1.807, 2.05) is 37.1 Å². The van der Waals surface area contributed by atoms with E-state index in [1.165, 1.54) is 5.56 Å². The van der Waals surface area contributed by atoms with E-state index in [-0.39, 0.29) is 12.5 Å². The fraction of sp³-hybridized carbons (Fsp3) is 0.417. The number of rotatable bonds is 6. The number of amides is 1. The van der Waals surface area contributed by atoms with Crippen LogP contribution in [0.3, 0.4) is 0 Å². The Hall–Kier alpha value is -1.55. The average Bonchev–Trinajstić information content (AvgIpc) is 2.27. The number of primary amides is 1. The van der Waals surface area contributed by atoms with Crippen molar-refractivity contribution in [2.24, 2.45) is 5.73 Å². The molecule has 0 bridgehead atoms. The molecule has 0 aliphatic rings. The largest absolute Gasteiger partial charge is 0.368 e. The lowest BCUT2D eigenvalue weighted by Crippen LogP contribution is -2.34. The van der Waals surface area contributed by atoms with E-state index in [0.29, 0.717) is 0 Å². The highest BCUT2D eigenvalue weighted by molar-refractivity contribution is 5.79. The van der Waals surface area contributed by atoms with Gasteiger partial charge in [0.1, 0.15) is 0 Å². The zero-order valence-electron chi connectivity index (χ0n) is 9.86. The van der Waals surface area contributed by atoms with Crippen LogP contribution in [0.4, 0.5) is 5.69 Å². The molecule has 0 fully saturated rings. The van der Waals surface area contributed by atoms with Crippen molar-refractivity contribution in [1.82, 2.24) is 5.32 Å². The average molecular weight is 221 g/mol. The molecule has 0 atom stereocenters. The molecule has 88 valence electrons. The van der Waals surface area contributed by atoms with Gasteiger partial charge in [0.05, 0.1) is 6.54 Å². The van der Waals surface area contributed by atoms with E-state index in [0.717, 1.165) is 18.8 Å². The van der Waals surface area contributed by atoms with Gasteiger partial charge in [-0.15, -0.1) is 0 Å². The Balaban J connectivity index is 2.94. The van der Waals surface area contributed by atoms with Gasteiger partial charge in [-0.1, -0.05) is 18.2 Å². The maximum Gasteiger partial charge on any atom is 0.236 e. The van der Waals surface area contributed by atoms with Crippen LogP contribution in [0.15, 0.2) is 24.3 Å². The summed E-state index contributed by atoms with van der Waals surface area (Å²) in [6.07, 6.45) is 0. The van der Waals surface area contributed by atoms with E-state index < -0.39 is 0 Å². The second-order valence-corrected chi connectivity index (χ2v) is 3.64. The maximum absolute atomic E-state index is 11.0. The van der Waals surface area contributed by atoms with Crippen LogP contribution in [-0.2, 0) is 11.3 Å². The van der Waals surface area contributed by atoms with Gasteiger partial charge in [-0.25, -0.2) is 0 Å². The molecule has 1 aromatic rings. The predicted octanol–water partition coefficient (Wildman–Crippen LogP) is 0.718. The number of likely N-dealkylation sites (N-methyl/N-ethyl adjacent to an activating group) is 1. The molecule has 1 amide bonds. The van der Waals surface area contributed by atoms with Gasteiger partial charge >= 0.3 is 0 Å². The van der Waals surface area contributed by atoms with Crippen LogP contribution in [0, 0.1) is 0 Å². The zero-order chi connectivity index (χ0) is 12.0. The molecule has 0 aliphatic heterocycles. The third-order valence-corrected chi connectivity index (χ3v) is 2.43. The standard InChI is InChI=1S/C12H19N3O/c1-3-15(9-12(13)16)11-7-5-4-6-10(11)8-14-2/h4-7,14H,3,8-9H2,1-2H3,(H2,13,16). The third kappa shape index (κ3) is 3.24. The van der Waals surface area contributed by atoms with Crippen LogP contribution in [0.2, 0.25) is 0 Å². The number of benzene rings is 1. The Kier molecular flexibility index (Phi) is 4.79. The Labute approximate surface area is 96.4 Å². The highest BCUT2D eigenvalue weighted by Gasteiger charge is 2.10. The summed E-state index contributed by atoms with van der Waals surface area (Å²) in [6.45, 7) is 3.82. The quantitative estimate of drug-likeness (QED) is 0.744. The van der Waals surface area contributed by atoms with Crippen LogP contribution >= 0.6 is 0 Å². The van der Waals surface area contributed by atoms with E-state index in [9.17, 15) is 4.79 Å². The lowest BCUT2D eigenvalue weighted by atomic mass is 10.1. The number of hydrogen-bond acceptors (Lipinski definition) is 3. The lowest BCUT2D eigenvalue weighted by Gasteiger charge is -2.24. The molecule has 16 heavy (non-hydrogen) atoms. The zero-order valence-corrected chi connectivity index (χ0v) is 9.86. The SMILES string of the molecule is CCN(CC(N)=O)c1ccccc1CNC. The van der Waals surface area contributed by atoms with Crippen molar-refractivity contribution in [2.75, 3.05) is 25.0 Å². The number of carbonyl (C=O) groups is 1. The van der Waals surface area contributed by atoms with Gasteiger partial charge in [0, 0.05) is 18.8 Å². The lowest BCUT2D eigenvalue weighted by molar-refractivity contribution is -0.116. The first-order valence-electron chi connectivity index (χ1n) is 5.44. The number of anilines is 1. The normalized spacial score (nSPS) is 10.1. The topological polar surface area (TPSA) is 58.4 Å². The maximum atomic E-state index is 11.0. The van der Waals surface area contributed by atoms with Gasteiger partial charge in [-0.3, -0.25) is 4.79 Å². The minimum Gasteiger partial charge on any atom is -0.368 e. The Morgan fingerprint density at radius 3 is 2.69 bits per heavy atom. The summed E-state index contributed by atoms with van der Waals surface area (Å²) >= 11 is 0. The predicted molar refractivity (Wildman–Crippen MR) is 66.3 cm³/mol. The molecule has 0 aromatic heterocycles. The molecule has 4 nitrogen and oxygen atoms in total. The summed E-state index contributed by atoms with van der Waals surface area (Å²) in [5.74, 6) is -0.305. The molecule has 0 unspecified atom stereocenters. The molecule has 0 radical (unpaired) electrons. The number of nitrogens with two attached hydrogens (primary N) is 1. The van der Waals surface area contributed by atoms with Gasteiger partial charge in [0.15, 0.2) is 0 Å². The Morgan fingerprint density at radius 2 is 2.12 bits per heavy atom. The minimum absolute atomic E-state index is 0.261. The molecule has 1 aromatic carbocycles. The molecule has 1 rings (SSSR count). The number of nitrogens with one attached hydrogen (secondary N) is 1. The van der Waals surface area contributed by atoms with Crippen molar-refractivity contribution in [1.29, 1.82) is 0 Å². The van der Waals surface area contributed by atoms with Crippen LogP contribution < -0.4 is 16.0 Å². The highest BCUT2D eigenvalue weighted by Crippen LogP contribution is 2.19. The third-order valence-electron chi connectivity index (χ3n) is 2.43. The van der Waals surface area contributed by atoms with E-state index >= 15 is 0 Å². The molecular formula is C12H19N3O. The van der Waals surface area contributed by atoms with E-state index in [1.54, 1.807) is 0 Å². The summed E-state index contributed by atoms with van der Waals surface area (Å²) in [5, 5.41) is 3.11. The summed E-state index contributed by atoms with van der Waals surface area (Å²) in [5.41, 5.74) is 7.48. The fourth-order valence-electron chi connectivity index (χ4n) is 1.71. The van der Waals surface area contributed by atoms with Gasteiger partial charge in [0.2, 0.25) is 5.91 Å². The number of para-hydroxylation sites is 1. The second kappa shape index (κ2) is 6.12. The number of carbonyl (C=O) groups excluding carboxylic acids is 1. The molecule has 0 saturated heterocycles. The molecule has 3 N–H and O–H groups in total. The monoisotopic (exact) mass is 221 g/mol. The van der Waals surface area contributed by atoms with Crippen LogP contribution in [-0.4, -0.2) is 26.0 Å². The van der Waals surface area contributed by atoms with Crippen LogP contribution in [0.25, 0.3) is 0 Å². The Bertz CT molecular complexity index is 352. The van der Waals surface area contributed by atoms with Gasteiger partial charge < -0.3 is 16.0 Å². The molecule has 0 aliphatic carbocycles. The molecule has 0 saturated carbocycles. The number of hydrogen-bond donors (Lipinski definition) is 2. The molecule has 4 heteroatoms. The van der Waals surface area contributed by atoms with E-state index in [4.69, 9.17) is 5.73 Å². The van der Waals surface area contributed by atoms with Crippen molar-refractivity contribution >= 4 is 11.6 Å². The van der Waals surface area contributed by atoms with E-state index in [2.05, 4.69) is 11.4 Å². The second-order valence-electron chi connectivity index (χ2n) is 3.64. The number of nitrogens with zero attached hydrogens (tertiary/aromatic N) is 1. The minimum atomic E-state index is -0.305. The Morgan fingerprint density at radius 1 is 1.44 bits per heavy atom. The van der Waals surface area contributed by atoms with Crippen molar-refractivity contribution < 1.29 is 4.79 Å². The molecule has 0 spiro atoms. The van der Waals surface area contributed by atoms with Crippen molar-refractivity contribution in [3.63, 3.8) is 0 Å². The summed E-state index contributed by atoms with van der Waals surface area (Å²) < 4.78 is 0. The fourth-order valence-corrected chi connectivity index (χ4v) is 1.71. The highest BCUT2D eigenvalue weighted by atomic mass is 16.1. The van der Waals surface area contributed by atoms with Crippen molar-refractivity contribution in [2.45, 2.75) is 13.5 Å². The summed E-state index contributed by atoms with van der Waals surface area (Å²) in [7, 11) is 1.90. The van der Waals surface area contributed by atoms with Gasteiger partial charge in [-0.2, -0.15) is 0 Å². The first kappa shape index (κ1) is 12.5. The summed E-state index contributed by atoms with van der Waals surface area (Å²) in [6, 6.07) is 8.03. The van der Waals surface area contributed by atoms with Crippen molar-refractivity contribution in [3.05, 3.63) is 29.8 Å².